The first-order chi connectivity index (χ1) is 6.50. The summed E-state index contributed by atoms with van der Waals surface area (Å²) < 4.78 is 0. The molecule has 1 rings (SSSR count). The molecule has 0 saturated heterocycles. The summed E-state index contributed by atoms with van der Waals surface area (Å²) in [5.74, 6) is 0.0262. The van der Waals surface area contributed by atoms with E-state index in [4.69, 9.17) is 0 Å². The average Bonchev–Trinajstić information content (AvgIpc) is 2.49. The highest BCUT2D eigenvalue weighted by atomic mass is 32.1. The number of rotatable bonds is 3. The van der Waals surface area contributed by atoms with E-state index in [1.54, 1.807) is 18.0 Å². The van der Waals surface area contributed by atoms with E-state index in [9.17, 15) is 4.79 Å². The van der Waals surface area contributed by atoms with Crippen LogP contribution in [0.5, 0.6) is 0 Å². The minimum atomic E-state index is 0.0262. The number of nitrogens with zero attached hydrogens (tertiary/aromatic N) is 1. The predicted molar refractivity (Wildman–Crippen MR) is 63.3 cm³/mol. The molecular formula is C10H13NOS2. The van der Waals surface area contributed by atoms with Crippen LogP contribution in [0.4, 0.5) is 0 Å². The molecule has 0 spiro atoms. The van der Waals surface area contributed by atoms with Gasteiger partial charge >= 0.3 is 0 Å². The van der Waals surface area contributed by atoms with E-state index in [-0.39, 0.29) is 5.91 Å². The summed E-state index contributed by atoms with van der Waals surface area (Å²) >= 11 is 5.58. The Morgan fingerprint density at radius 1 is 1.71 bits per heavy atom. The van der Waals surface area contributed by atoms with Crippen molar-refractivity contribution in [3.8, 4) is 0 Å². The molecule has 0 atom stereocenters. The number of thiol groups is 1. The molecule has 4 heteroatoms. The van der Waals surface area contributed by atoms with Gasteiger partial charge in [-0.15, -0.1) is 24.0 Å². The zero-order valence-corrected chi connectivity index (χ0v) is 9.99. The summed E-state index contributed by atoms with van der Waals surface area (Å²) in [6, 6.07) is 1.78. The first kappa shape index (κ1) is 11.3. The summed E-state index contributed by atoms with van der Waals surface area (Å²) in [5, 5.41) is 1.85. The van der Waals surface area contributed by atoms with Crippen molar-refractivity contribution in [3.05, 3.63) is 28.5 Å². The molecule has 0 radical (unpaired) electrons. The number of carbonyl (C=O) groups excluding carboxylic acids is 1. The summed E-state index contributed by atoms with van der Waals surface area (Å²) in [5.41, 5.74) is 0.975. The number of hydrogen-bond acceptors (Lipinski definition) is 3. The normalized spacial score (nSPS) is 9.93. The molecule has 0 unspecified atom stereocenters. The van der Waals surface area contributed by atoms with Gasteiger partial charge in [0, 0.05) is 23.9 Å². The summed E-state index contributed by atoms with van der Waals surface area (Å²) in [6.45, 7) is 6.27. The van der Waals surface area contributed by atoms with Gasteiger partial charge in [-0.1, -0.05) is 12.2 Å². The second-order valence-electron chi connectivity index (χ2n) is 3.29. The molecule has 0 fully saturated rings. The van der Waals surface area contributed by atoms with E-state index < -0.39 is 0 Å². The molecule has 1 aromatic rings. The lowest BCUT2D eigenvalue weighted by Crippen LogP contribution is -2.27. The maximum atomic E-state index is 11.8. The van der Waals surface area contributed by atoms with Crippen LogP contribution in [0.2, 0.25) is 0 Å². The van der Waals surface area contributed by atoms with Crippen molar-refractivity contribution in [3.63, 3.8) is 0 Å². The van der Waals surface area contributed by atoms with Gasteiger partial charge in [0.25, 0.3) is 5.91 Å². The van der Waals surface area contributed by atoms with Crippen LogP contribution in [0, 0.1) is 0 Å². The van der Waals surface area contributed by atoms with Crippen LogP contribution in [-0.4, -0.2) is 24.4 Å². The summed E-state index contributed by atoms with van der Waals surface area (Å²) in [4.78, 5) is 15.0. The van der Waals surface area contributed by atoms with E-state index in [1.807, 2.05) is 12.3 Å². The first-order valence-corrected chi connectivity index (χ1v) is 5.50. The van der Waals surface area contributed by atoms with Crippen molar-refractivity contribution < 1.29 is 4.79 Å². The molecule has 76 valence electrons. The van der Waals surface area contributed by atoms with Crippen molar-refractivity contribution >= 4 is 29.9 Å². The molecule has 0 N–H and O–H groups in total. The van der Waals surface area contributed by atoms with E-state index >= 15 is 0 Å². The highest BCUT2D eigenvalue weighted by Gasteiger charge is 2.12. The molecule has 1 amide bonds. The quantitative estimate of drug-likeness (QED) is 0.622. The second kappa shape index (κ2) is 4.66. The zero-order valence-electron chi connectivity index (χ0n) is 8.28. The Morgan fingerprint density at radius 3 is 2.79 bits per heavy atom. The Kier molecular flexibility index (Phi) is 3.77. The Bertz CT molecular complexity index is 357. The predicted octanol–water partition coefficient (Wildman–Crippen LogP) is 2.68. The highest BCUT2D eigenvalue weighted by Crippen LogP contribution is 2.19. The van der Waals surface area contributed by atoms with Crippen LogP contribution >= 0.6 is 24.0 Å². The Balaban J connectivity index is 2.70. The molecule has 0 aromatic carbocycles. The molecule has 0 saturated carbocycles. The van der Waals surface area contributed by atoms with Crippen LogP contribution in [0.3, 0.4) is 0 Å². The second-order valence-corrected chi connectivity index (χ2v) is 4.72. The Morgan fingerprint density at radius 2 is 2.36 bits per heavy atom. The maximum absolute atomic E-state index is 11.8. The fraction of sp³-hybridized carbons (Fsp3) is 0.300. The monoisotopic (exact) mass is 227 g/mol. The fourth-order valence-corrected chi connectivity index (χ4v) is 2.25. The average molecular weight is 227 g/mol. The first-order valence-electron chi connectivity index (χ1n) is 4.18. The third kappa shape index (κ3) is 2.89. The van der Waals surface area contributed by atoms with E-state index in [2.05, 4.69) is 19.2 Å². The molecular weight excluding hydrogens is 214 g/mol. The van der Waals surface area contributed by atoms with Crippen molar-refractivity contribution in [1.82, 2.24) is 4.90 Å². The third-order valence-corrected chi connectivity index (χ3v) is 3.00. The van der Waals surface area contributed by atoms with Gasteiger partial charge in [0.15, 0.2) is 0 Å². The number of likely N-dealkylation sites (N-methyl/N-ethyl adjacent to an activating group) is 1. The van der Waals surface area contributed by atoms with Gasteiger partial charge in [0.1, 0.15) is 0 Å². The number of carbonyl (C=O) groups is 1. The van der Waals surface area contributed by atoms with E-state index in [0.717, 1.165) is 15.3 Å². The zero-order chi connectivity index (χ0) is 10.7. The molecule has 14 heavy (non-hydrogen) atoms. The van der Waals surface area contributed by atoms with Gasteiger partial charge in [-0.25, -0.2) is 0 Å². The largest absolute Gasteiger partial charge is 0.337 e. The Hall–Kier alpha value is -0.740. The summed E-state index contributed by atoms with van der Waals surface area (Å²) in [7, 11) is 1.77. The summed E-state index contributed by atoms with van der Waals surface area (Å²) in [6.07, 6.45) is 0. The topological polar surface area (TPSA) is 20.3 Å². The number of amides is 1. The third-order valence-electron chi connectivity index (χ3n) is 1.65. The smallest absolute Gasteiger partial charge is 0.263 e. The van der Waals surface area contributed by atoms with Crippen LogP contribution in [0.15, 0.2) is 28.5 Å². The Labute approximate surface area is 93.6 Å². The minimum absolute atomic E-state index is 0.0262. The molecule has 2 nitrogen and oxygen atoms in total. The van der Waals surface area contributed by atoms with E-state index in [0.29, 0.717) is 6.54 Å². The number of thiophene rings is 1. The minimum Gasteiger partial charge on any atom is -0.337 e. The van der Waals surface area contributed by atoms with Crippen LogP contribution in [0.25, 0.3) is 0 Å². The fourth-order valence-electron chi connectivity index (χ4n) is 1.10. The van der Waals surface area contributed by atoms with Gasteiger partial charge in [0.2, 0.25) is 0 Å². The van der Waals surface area contributed by atoms with Crippen LogP contribution < -0.4 is 0 Å². The lowest BCUT2D eigenvalue weighted by atomic mass is 10.3. The van der Waals surface area contributed by atoms with Gasteiger partial charge in [0.05, 0.1) is 4.88 Å². The lowest BCUT2D eigenvalue weighted by molar-refractivity contribution is 0.0811. The van der Waals surface area contributed by atoms with Crippen molar-refractivity contribution in [1.29, 1.82) is 0 Å². The standard InChI is InChI=1S/C10H13NOS2/c1-7(2)5-11(3)10(12)9-4-8(13)6-14-9/h4,6,13H,1,5H2,2-3H3. The van der Waals surface area contributed by atoms with Gasteiger partial charge in [-0.05, 0) is 13.0 Å². The SMILES string of the molecule is C=C(C)CN(C)C(=O)c1cc(S)cs1. The van der Waals surface area contributed by atoms with Crippen molar-refractivity contribution in [2.45, 2.75) is 11.8 Å². The van der Waals surface area contributed by atoms with E-state index in [1.165, 1.54) is 11.3 Å². The number of hydrogen-bond donors (Lipinski definition) is 1. The molecule has 0 aliphatic carbocycles. The van der Waals surface area contributed by atoms with Gasteiger partial charge < -0.3 is 4.90 Å². The van der Waals surface area contributed by atoms with Gasteiger partial charge in [-0.2, -0.15) is 0 Å². The van der Waals surface area contributed by atoms with Gasteiger partial charge in [-0.3, -0.25) is 4.79 Å². The molecule has 0 aliphatic rings. The molecule has 0 aliphatic heterocycles. The molecule has 1 aromatic heterocycles. The maximum Gasteiger partial charge on any atom is 0.263 e. The van der Waals surface area contributed by atoms with Crippen LogP contribution in [0.1, 0.15) is 16.6 Å². The van der Waals surface area contributed by atoms with Crippen molar-refractivity contribution in [2.24, 2.45) is 0 Å². The molecule has 0 bridgehead atoms. The highest BCUT2D eigenvalue weighted by molar-refractivity contribution is 7.80. The van der Waals surface area contributed by atoms with Crippen LogP contribution in [-0.2, 0) is 0 Å². The lowest BCUT2D eigenvalue weighted by Gasteiger charge is -2.15. The van der Waals surface area contributed by atoms with Crippen molar-refractivity contribution in [2.75, 3.05) is 13.6 Å². The molecule has 1 heterocycles.